The fourth-order valence-electron chi connectivity index (χ4n) is 4.04. The smallest absolute Gasteiger partial charge is 0.331 e. The van der Waals surface area contributed by atoms with Crippen molar-refractivity contribution in [1.82, 2.24) is 0 Å². The molecule has 0 bridgehead atoms. The topological polar surface area (TPSA) is 74.6 Å². The van der Waals surface area contributed by atoms with Gasteiger partial charge in [-0.25, -0.2) is 9.18 Å². The summed E-state index contributed by atoms with van der Waals surface area (Å²) in [5, 5.41) is 20.1. The third-order valence-corrected chi connectivity index (χ3v) is 6.38. The lowest BCUT2D eigenvalue weighted by Crippen LogP contribution is -2.41. The Hall–Kier alpha value is -2.14. The highest BCUT2D eigenvalue weighted by atomic mass is 35.5. The number of carbonyl (C=O) groups is 2. The van der Waals surface area contributed by atoms with Gasteiger partial charge >= 0.3 is 11.9 Å². The number of allylic oxidation sites excluding steroid dienone is 2. The predicted molar refractivity (Wildman–Crippen MR) is 101 cm³/mol. The van der Waals surface area contributed by atoms with Gasteiger partial charge in [0.2, 0.25) is 0 Å². The number of aliphatic carboxylic acids is 2. The second kappa shape index (κ2) is 6.48. The Kier molecular flexibility index (Phi) is 4.71. The maximum Gasteiger partial charge on any atom is 0.331 e. The Bertz CT molecular complexity index is 886. The molecule has 0 spiro atoms. The minimum absolute atomic E-state index is 0.0298. The first-order chi connectivity index (χ1) is 12.5. The zero-order valence-electron chi connectivity index (χ0n) is 15.4. The maximum absolute atomic E-state index is 14.4. The normalized spacial score (nSPS) is 28.9. The van der Waals surface area contributed by atoms with Gasteiger partial charge in [0.1, 0.15) is 5.82 Å². The van der Waals surface area contributed by atoms with Gasteiger partial charge in [-0.15, -0.1) is 0 Å². The summed E-state index contributed by atoms with van der Waals surface area (Å²) in [5.74, 6) is -3.44. The molecule has 3 rings (SSSR count). The van der Waals surface area contributed by atoms with Crippen LogP contribution in [0.4, 0.5) is 4.39 Å². The molecule has 2 aliphatic rings. The van der Waals surface area contributed by atoms with Crippen LogP contribution in [-0.4, -0.2) is 22.2 Å². The van der Waals surface area contributed by atoms with Gasteiger partial charge in [0, 0.05) is 22.1 Å². The van der Waals surface area contributed by atoms with E-state index in [2.05, 4.69) is 13.8 Å². The molecule has 0 aliphatic heterocycles. The summed E-state index contributed by atoms with van der Waals surface area (Å²) in [6, 6.07) is 3.98. The number of rotatable bonds is 5. The van der Waals surface area contributed by atoms with Crippen molar-refractivity contribution < 1.29 is 24.2 Å². The van der Waals surface area contributed by atoms with E-state index < -0.39 is 29.1 Å². The van der Waals surface area contributed by atoms with Gasteiger partial charge in [-0.05, 0) is 54.0 Å². The van der Waals surface area contributed by atoms with E-state index in [4.69, 9.17) is 11.6 Å². The first-order valence-electron chi connectivity index (χ1n) is 8.84. The Morgan fingerprint density at radius 1 is 1.30 bits per heavy atom. The van der Waals surface area contributed by atoms with Crippen LogP contribution in [0.15, 0.2) is 35.9 Å². The van der Waals surface area contributed by atoms with Gasteiger partial charge in [-0.1, -0.05) is 38.4 Å². The largest absolute Gasteiger partial charge is 0.481 e. The van der Waals surface area contributed by atoms with Crippen LogP contribution >= 0.6 is 11.6 Å². The van der Waals surface area contributed by atoms with E-state index in [1.807, 2.05) is 0 Å². The Balaban J connectivity index is 2.18. The Morgan fingerprint density at radius 2 is 1.93 bits per heavy atom. The molecular formula is C21H22ClFO4. The summed E-state index contributed by atoms with van der Waals surface area (Å²) >= 11 is 5.98. The molecule has 1 saturated carbocycles. The molecule has 0 aromatic heterocycles. The molecule has 27 heavy (non-hydrogen) atoms. The van der Waals surface area contributed by atoms with Crippen molar-refractivity contribution in [2.75, 3.05) is 0 Å². The van der Waals surface area contributed by atoms with E-state index in [-0.39, 0.29) is 28.0 Å². The minimum Gasteiger partial charge on any atom is -0.481 e. The molecule has 0 radical (unpaired) electrons. The van der Waals surface area contributed by atoms with Crippen molar-refractivity contribution in [3.8, 4) is 0 Å². The number of benzene rings is 1. The molecule has 1 fully saturated rings. The molecule has 2 unspecified atom stereocenters. The van der Waals surface area contributed by atoms with Crippen LogP contribution < -0.4 is 0 Å². The number of carboxylic acid groups (broad SMARTS) is 2. The Morgan fingerprint density at radius 3 is 2.44 bits per heavy atom. The van der Waals surface area contributed by atoms with Crippen LogP contribution in [0.2, 0.25) is 5.02 Å². The molecule has 1 aromatic rings. The first kappa shape index (κ1) is 19.6. The molecule has 0 amide bonds. The van der Waals surface area contributed by atoms with Crippen LogP contribution in [0.1, 0.15) is 39.2 Å². The van der Waals surface area contributed by atoms with Gasteiger partial charge in [0.05, 0.1) is 5.41 Å². The van der Waals surface area contributed by atoms with Crippen molar-refractivity contribution in [2.45, 2.75) is 33.6 Å². The average molecular weight is 393 g/mol. The van der Waals surface area contributed by atoms with E-state index >= 15 is 0 Å². The van der Waals surface area contributed by atoms with Crippen molar-refractivity contribution >= 4 is 29.1 Å². The van der Waals surface area contributed by atoms with E-state index in [1.54, 1.807) is 6.92 Å². The van der Waals surface area contributed by atoms with Crippen molar-refractivity contribution in [1.29, 1.82) is 0 Å². The van der Waals surface area contributed by atoms with E-state index in [9.17, 15) is 24.2 Å². The number of halogens is 2. The molecule has 0 saturated heterocycles. The summed E-state index contributed by atoms with van der Waals surface area (Å²) in [6.45, 7) is 5.75. The van der Waals surface area contributed by atoms with E-state index in [1.165, 1.54) is 30.4 Å². The van der Waals surface area contributed by atoms with Gasteiger partial charge in [-0.2, -0.15) is 0 Å². The predicted octanol–water partition coefficient (Wildman–Crippen LogP) is 5.03. The van der Waals surface area contributed by atoms with Crippen LogP contribution in [0.25, 0.3) is 5.57 Å². The highest BCUT2D eigenvalue weighted by molar-refractivity contribution is 6.30. The fourth-order valence-corrected chi connectivity index (χ4v) is 4.21. The van der Waals surface area contributed by atoms with Gasteiger partial charge in [0.15, 0.2) is 0 Å². The van der Waals surface area contributed by atoms with Crippen LogP contribution in [0.3, 0.4) is 0 Å². The SMILES string of the molecule is CC1C(C(=O)O)=CC(c2cc(Cl)ccc2F)=CC1(C[C@@H]1CC1(C)C)C(=O)O. The van der Waals surface area contributed by atoms with Crippen molar-refractivity contribution in [3.63, 3.8) is 0 Å². The van der Waals surface area contributed by atoms with Gasteiger partial charge in [0.25, 0.3) is 0 Å². The zero-order valence-corrected chi connectivity index (χ0v) is 16.2. The maximum atomic E-state index is 14.4. The molecule has 4 nitrogen and oxygen atoms in total. The number of hydrogen-bond acceptors (Lipinski definition) is 2. The fraction of sp³-hybridized carbons (Fsp3) is 0.429. The average Bonchev–Trinajstić information content (AvgIpc) is 3.17. The van der Waals surface area contributed by atoms with Crippen molar-refractivity contribution in [2.24, 2.45) is 22.7 Å². The van der Waals surface area contributed by atoms with Crippen molar-refractivity contribution in [3.05, 3.63) is 52.3 Å². The third-order valence-electron chi connectivity index (χ3n) is 6.15. The second-order valence-electron chi connectivity index (χ2n) is 8.29. The molecule has 6 heteroatoms. The van der Waals surface area contributed by atoms with Crippen LogP contribution in [0, 0.1) is 28.5 Å². The molecule has 2 aliphatic carbocycles. The van der Waals surface area contributed by atoms with E-state index in [0.717, 1.165) is 6.42 Å². The molecule has 3 atom stereocenters. The number of carboxylic acids is 2. The lowest BCUT2D eigenvalue weighted by molar-refractivity contribution is -0.149. The minimum atomic E-state index is -1.41. The standard InChI is InChI=1S/C21H22ClFO4/c1-11-15(18(24)25)6-12(16-7-14(22)4-5-17(16)23)8-21(11,19(26)27)10-13-9-20(13,2)3/h4-8,11,13H,9-10H2,1-3H3,(H,24,25)(H,26,27)/t11?,13-,21?/m0/s1. The Labute approximate surface area is 162 Å². The van der Waals surface area contributed by atoms with Crippen LogP contribution in [0.5, 0.6) is 0 Å². The summed E-state index contributed by atoms with van der Waals surface area (Å²) < 4.78 is 14.4. The molecule has 1 aromatic carbocycles. The highest BCUT2D eigenvalue weighted by Crippen LogP contribution is 2.59. The zero-order chi connectivity index (χ0) is 20.1. The number of hydrogen-bond donors (Lipinski definition) is 2. The summed E-state index contributed by atoms with van der Waals surface area (Å²) in [4.78, 5) is 24.2. The summed E-state index contributed by atoms with van der Waals surface area (Å²) in [7, 11) is 0. The molecular weight excluding hydrogens is 371 g/mol. The second-order valence-corrected chi connectivity index (χ2v) is 8.73. The molecule has 0 heterocycles. The molecule has 2 N–H and O–H groups in total. The van der Waals surface area contributed by atoms with Crippen LogP contribution in [-0.2, 0) is 9.59 Å². The molecule has 144 valence electrons. The summed E-state index contributed by atoms with van der Waals surface area (Å²) in [5.41, 5.74) is -1.07. The third kappa shape index (κ3) is 3.41. The monoisotopic (exact) mass is 392 g/mol. The lowest BCUT2D eigenvalue weighted by atomic mass is 9.64. The van der Waals surface area contributed by atoms with Gasteiger partial charge in [-0.3, -0.25) is 4.79 Å². The van der Waals surface area contributed by atoms with Gasteiger partial charge < -0.3 is 10.2 Å². The lowest BCUT2D eigenvalue weighted by Gasteiger charge is -2.37. The summed E-state index contributed by atoms with van der Waals surface area (Å²) in [6.07, 6.45) is 4.08. The quantitative estimate of drug-likeness (QED) is 0.736. The first-order valence-corrected chi connectivity index (χ1v) is 9.22. The van der Waals surface area contributed by atoms with E-state index in [0.29, 0.717) is 11.4 Å². The highest BCUT2D eigenvalue weighted by Gasteiger charge is 2.55.